The molecule has 1 aliphatic rings. The first-order valence-corrected chi connectivity index (χ1v) is 9.35. The summed E-state index contributed by atoms with van der Waals surface area (Å²) in [4.78, 5) is 6.01. The molecule has 2 nitrogen and oxygen atoms in total. The molecule has 0 amide bonds. The minimum Gasteiger partial charge on any atom is -0.244 e. The fourth-order valence-electron chi connectivity index (χ4n) is 3.30. The third-order valence-electron chi connectivity index (χ3n) is 4.99. The predicted octanol–water partition coefficient (Wildman–Crippen LogP) is 5.83. The van der Waals surface area contributed by atoms with E-state index in [0.717, 1.165) is 29.0 Å². The zero-order valence-electron chi connectivity index (χ0n) is 14.9. The van der Waals surface area contributed by atoms with E-state index in [1.807, 2.05) is 6.21 Å². The van der Waals surface area contributed by atoms with E-state index in [-0.39, 0.29) is 0 Å². The van der Waals surface area contributed by atoms with Crippen molar-refractivity contribution >= 4 is 22.6 Å². The number of thiophene rings is 1. The van der Waals surface area contributed by atoms with Gasteiger partial charge in [0.15, 0.2) is 0 Å². The number of hydrogen-bond donors (Lipinski definition) is 0. The van der Waals surface area contributed by atoms with Crippen LogP contribution in [0.25, 0.3) is 0 Å². The molecule has 0 bridgehead atoms. The molecular weight excluding hydrogens is 312 g/mol. The molecule has 0 aliphatic heterocycles. The van der Waals surface area contributed by atoms with Crippen molar-refractivity contribution < 1.29 is 0 Å². The molecule has 0 spiro atoms. The summed E-state index contributed by atoms with van der Waals surface area (Å²) >= 11 is 1.71. The number of rotatable bonds is 2. The van der Waals surface area contributed by atoms with Crippen LogP contribution in [0, 0.1) is 29.6 Å². The first-order chi connectivity index (χ1) is 11.4. The Morgan fingerprint density at radius 3 is 2.58 bits per heavy atom. The lowest BCUT2D eigenvalue weighted by Gasteiger charge is -2.33. The summed E-state index contributed by atoms with van der Waals surface area (Å²) in [6.07, 6.45) is 5.14. The van der Waals surface area contributed by atoms with Gasteiger partial charge in [-0.2, -0.15) is 5.26 Å². The number of aliphatic imine (C=N–C) groups is 1. The normalized spacial score (nSPS) is 17.7. The highest BCUT2D eigenvalue weighted by molar-refractivity contribution is 7.16. The van der Waals surface area contributed by atoms with Crippen LogP contribution in [-0.4, -0.2) is 6.21 Å². The van der Waals surface area contributed by atoms with Gasteiger partial charge >= 0.3 is 0 Å². The zero-order chi connectivity index (χ0) is 17.3. The first kappa shape index (κ1) is 16.9. The molecule has 1 aromatic heterocycles. The topological polar surface area (TPSA) is 36.1 Å². The summed E-state index contributed by atoms with van der Waals surface area (Å²) < 4.78 is 0. The van der Waals surface area contributed by atoms with Crippen molar-refractivity contribution in [1.82, 2.24) is 0 Å². The van der Waals surface area contributed by atoms with Gasteiger partial charge in [0.2, 0.25) is 0 Å². The predicted molar refractivity (Wildman–Crippen MR) is 102 cm³/mol. The highest BCUT2D eigenvalue weighted by atomic mass is 32.1. The fraction of sp³-hybridized carbons (Fsp3) is 0.429. The Balaban J connectivity index is 1.89. The van der Waals surface area contributed by atoms with Crippen molar-refractivity contribution in [3.63, 3.8) is 0 Å². The molecular formula is C21H24N2S. The Labute approximate surface area is 148 Å². The van der Waals surface area contributed by atoms with Gasteiger partial charge in [-0.05, 0) is 48.6 Å². The molecule has 24 heavy (non-hydrogen) atoms. The van der Waals surface area contributed by atoms with Gasteiger partial charge in [-0.1, -0.05) is 50.6 Å². The molecule has 2 aromatic rings. The lowest BCUT2D eigenvalue weighted by atomic mass is 9.72. The molecule has 0 saturated heterocycles. The van der Waals surface area contributed by atoms with Crippen LogP contribution in [0.15, 0.2) is 29.3 Å². The fourth-order valence-corrected chi connectivity index (χ4v) is 4.52. The van der Waals surface area contributed by atoms with E-state index >= 15 is 0 Å². The van der Waals surface area contributed by atoms with Crippen LogP contribution in [0.2, 0.25) is 0 Å². The van der Waals surface area contributed by atoms with Crippen LogP contribution in [-0.2, 0) is 12.8 Å². The average Bonchev–Trinajstić information content (AvgIpc) is 2.90. The first-order valence-electron chi connectivity index (χ1n) is 8.54. The Kier molecular flexibility index (Phi) is 4.60. The van der Waals surface area contributed by atoms with Gasteiger partial charge < -0.3 is 0 Å². The molecule has 0 radical (unpaired) electrons. The van der Waals surface area contributed by atoms with E-state index in [1.54, 1.807) is 11.3 Å². The Morgan fingerprint density at radius 2 is 1.96 bits per heavy atom. The van der Waals surface area contributed by atoms with Crippen molar-refractivity contribution in [3.05, 3.63) is 51.4 Å². The summed E-state index contributed by atoms with van der Waals surface area (Å²) in [5.74, 6) is 0.684. The molecule has 1 heterocycles. The summed E-state index contributed by atoms with van der Waals surface area (Å²) in [6, 6.07) is 10.7. The van der Waals surface area contributed by atoms with Crippen molar-refractivity contribution in [3.8, 4) is 6.07 Å². The van der Waals surface area contributed by atoms with E-state index < -0.39 is 0 Å². The second-order valence-electron chi connectivity index (χ2n) is 7.77. The third-order valence-corrected chi connectivity index (χ3v) is 6.15. The van der Waals surface area contributed by atoms with Gasteiger partial charge in [0.05, 0.1) is 5.56 Å². The Bertz CT molecular complexity index is 798. The van der Waals surface area contributed by atoms with Crippen molar-refractivity contribution in [2.75, 3.05) is 0 Å². The van der Waals surface area contributed by atoms with E-state index in [2.05, 4.69) is 63.0 Å². The van der Waals surface area contributed by atoms with E-state index in [4.69, 9.17) is 0 Å². The maximum Gasteiger partial charge on any atom is 0.134 e. The molecule has 0 unspecified atom stereocenters. The maximum atomic E-state index is 9.61. The third kappa shape index (κ3) is 3.44. The number of aryl methyl sites for hydroxylation is 1. The monoisotopic (exact) mass is 336 g/mol. The Hall–Kier alpha value is -1.92. The lowest BCUT2D eigenvalue weighted by Crippen LogP contribution is -2.26. The largest absolute Gasteiger partial charge is 0.244 e. The molecule has 3 rings (SSSR count). The Morgan fingerprint density at radius 1 is 1.25 bits per heavy atom. The maximum absolute atomic E-state index is 9.61. The number of hydrogen-bond acceptors (Lipinski definition) is 3. The van der Waals surface area contributed by atoms with Gasteiger partial charge in [0.25, 0.3) is 0 Å². The molecule has 0 N–H and O–H groups in total. The number of nitriles is 1. The number of fused-ring (bicyclic) bond motifs is 1. The van der Waals surface area contributed by atoms with Gasteiger partial charge in [0.1, 0.15) is 11.1 Å². The molecule has 124 valence electrons. The molecule has 1 aromatic carbocycles. The quantitative estimate of drug-likeness (QED) is 0.636. The van der Waals surface area contributed by atoms with Crippen LogP contribution >= 0.6 is 11.3 Å². The van der Waals surface area contributed by atoms with E-state index in [9.17, 15) is 5.26 Å². The molecule has 1 atom stereocenters. The number of benzene rings is 1. The summed E-state index contributed by atoms with van der Waals surface area (Å²) in [6.45, 7) is 9.03. The van der Waals surface area contributed by atoms with Crippen molar-refractivity contribution in [2.45, 2.75) is 47.0 Å². The van der Waals surface area contributed by atoms with E-state index in [1.165, 1.54) is 22.4 Å². The smallest absolute Gasteiger partial charge is 0.134 e. The van der Waals surface area contributed by atoms with Crippen LogP contribution < -0.4 is 0 Å². The number of nitrogens with zero attached hydrogens (tertiary/aromatic N) is 2. The van der Waals surface area contributed by atoms with Crippen molar-refractivity contribution in [1.29, 1.82) is 5.26 Å². The molecule has 1 aliphatic carbocycles. The highest BCUT2D eigenvalue weighted by Crippen LogP contribution is 2.44. The summed E-state index contributed by atoms with van der Waals surface area (Å²) in [5, 5.41) is 10.5. The SMILES string of the molecule is Cc1ccc(C=Nc2sc3c(c2C#N)CC[C@@H](C(C)(C)C)C3)cc1. The highest BCUT2D eigenvalue weighted by Gasteiger charge is 2.32. The minimum absolute atomic E-state index is 0.319. The summed E-state index contributed by atoms with van der Waals surface area (Å²) in [7, 11) is 0. The second kappa shape index (κ2) is 6.53. The molecule has 3 heteroatoms. The van der Waals surface area contributed by atoms with Crippen LogP contribution in [0.1, 0.15) is 54.3 Å². The van der Waals surface area contributed by atoms with Gasteiger partial charge in [-0.3, -0.25) is 0 Å². The minimum atomic E-state index is 0.319. The van der Waals surface area contributed by atoms with Crippen LogP contribution in [0.3, 0.4) is 0 Å². The van der Waals surface area contributed by atoms with E-state index in [0.29, 0.717) is 11.3 Å². The zero-order valence-corrected chi connectivity index (χ0v) is 15.7. The van der Waals surface area contributed by atoms with Crippen molar-refractivity contribution in [2.24, 2.45) is 16.3 Å². The standard InChI is InChI=1S/C21H24N2S/c1-14-5-7-15(8-6-14)13-23-20-18(12-22)17-10-9-16(21(2,3)4)11-19(17)24-20/h5-8,13,16H,9-11H2,1-4H3/t16-/m1/s1. The second-order valence-corrected chi connectivity index (χ2v) is 8.85. The summed E-state index contributed by atoms with van der Waals surface area (Å²) in [5.41, 5.74) is 4.68. The lowest BCUT2D eigenvalue weighted by molar-refractivity contribution is 0.218. The molecule has 0 saturated carbocycles. The average molecular weight is 337 g/mol. The van der Waals surface area contributed by atoms with Crippen LogP contribution in [0.5, 0.6) is 0 Å². The van der Waals surface area contributed by atoms with Crippen LogP contribution in [0.4, 0.5) is 5.00 Å². The van der Waals surface area contributed by atoms with Gasteiger partial charge in [-0.15, -0.1) is 11.3 Å². The molecule has 0 fully saturated rings. The van der Waals surface area contributed by atoms with Gasteiger partial charge in [-0.25, -0.2) is 4.99 Å². The van der Waals surface area contributed by atoms with Gasteiger partial charge in [0, 0.05) is 11.1 Å².